The predicted octanol–water partition coefficient (Wildman–Crippen LogP) is 4.58. The molecule has 4 N–H and O–H groups in total. The number of nitrogens with one attached hydrogen (secondary N) is 2. The van der Waals surface area contributed by atoms with Crippen molar-refractivity contribution >= 4 is 39.6 Å². The fraction of sp³-hybridized carbons (Fsp3) is 0.286. The van der Waals surface area contributed by atoms with Gasteiger partial charge in [-0.3, -0.25) is 19.8 Å². The number of carbonyl (C=O) groups is 3. The molecule has 1 saturated carbocycles. The van der Waals surface area contributed by atoms with Gasteiger partial charge in [-0.05, 0) is 61.7 Å². The normalized spacial score (nSPS) is 16.8. The third-order valence-electron chi connectivity index (χ3n) is 6.83. The number of halogens is 3. The average Bonchev–Trinajstić information content (AvgIpc) is 3.54. The number of aryl methyl sites for hydroxylation is 1. The Balaban J connectivity index is 0.000000470. The van der Waals surface area contributed by atoms with Gasteiger partial charge in [-0.2, -0.15) is 13.2 Å². The molecule has 2 heterocycles. The van der Waals surface area contributed by atoms with Crippen LogP contribution in [-0.2, 0) is 16.1 Å². The molecule has 1 aliphatic carbocycles. The van der Waals surface area contributed by atoms with Crippen molar-refractivity contribution in [3.8, 4) is 0 Å². The van der Waals surface area contributed by atoms with E-state index in [1.165, 1.54) is 5.56 Å². The van der Waals surface area contributed by atoms with Crippen LogP contribution in [0, 0.1) is 12.8 Å². The number of amides is 2. The van der Waals surface area contributed by atoms with Crippen molar-refractivity contribution in [3.05, 3.63) is 77.6 Å². The van der Waals surface area contributed by atoms with Crippen LogP contribution in [0.3, 0.4) is 0 Å². The number of hydrogen-bond donors (Lipinski definition) is 4. The van der Waals surface area contributed by atoms with Crippen LogP contribution in [0.4, 0.5) is 13.2 Å². The van der Waals surface area contributed by atoms with Gasteiger partial charge in [0.05, 0.1) is 11.4 Å². The zero-order valence-corrected chi connectivity index (χ0v) is 21.4. The van der Waals surface area contributed by atoms with E-state index >= 15 is 0 Å². The Hall–Kier alpha value is -4.45. The number of para-hydroxylation sites is 1. The molecule has 0 spiro atoms. The molecule has 0 saturated heterocycles. The standard InChI is InChI=1S/C26H26N4O3.C2HF3O2/c1-16-13-19(20-5-2-3-7-22(20)27-16)15-30-12-11-17-14-18(9-10-24(17)30)25(31)28-23-8-4-6-21(23)26(32)29-33;3-2(4,5)1(6)7/h2-3,5,7,9-14,21,23,33H,4,6,8,15H2,1H3,(H,28,31)(H,29,32);(H,6,7). The number of fused-ring (bicyclic) bond motifs is 2. The highest BCUT2D eigenvalue weighted by Crippen LogP contribution is 2.27. The molecule has 1 aliphatic rings. The van der Waals surface area contributed by atoms with Crippen molar-refractivity contribution in [3.63, 3.8) is 0 Å². The smallest absolute Gasteiger partial charge is 0.475 e. The van der Waals surface area contributed by atoms with E-state index < -0.39 is 24.0 Å². The minimum Gasteiger partial charge on any atom is -0.475 e. The molecule has 0 radical (unpaired) electrons. The molecular formula is C28H27F3N4O5. The predicted molar refractivity (Wildman–Crippen MR) is 140 cm³/mol. The second kappa shape index (κ2) is 11.7. The lowest BCUT2D eigenvalue weighted by atomic mass is 10.0. The Morgan fingerprint density at radius 2 is 1.80 bits per heavy atom. The molecule has 210 valence electrons. The molecule has 0 bridgehead atoms. The van der Waals surface area contributed by atoms with Gasteiger partial charge in [-0.15, -0.1) is 0 Å². The highest BCUT2D eigenvalue weighted by atomic mass is 19.4. The van der Waals surface area contributed by atoms with Crippen LogP contribution < -0.4 is 10.8 Å². The van der Waals surface area contributed by atoms with E-state index in [1.54, 1.807) is 5.48 Å². The van der Waals surface area contributed by atoms with Crippen LogP contribution in [0.15, 0.2) is 60.8 Å². The summed E-state index contributed by atoms with van der Waals surface area (Å²) < 4.78 is 33.9. The van der Waals surface area contributed by atoms with Gasteiger partial charge in [-0.25, -0.2) is 10.3 Å². The van der Waals surface area contributed by atoms with Crippen molar-refractivity contribution in [2.24, 2.45) is 5.92 Å². The first-order chi connectivity index (χ1) is 19.0. The van der Waals surface area contributed by atoms with Crippen LogP contribution in [0.2, 0.25) is 0 Å². The lowest BCUT2D eigenvalue weighted by Crippen LogP contribution is -2.43. The summed E-state index contributed by atoms with van der Waals surface area (Å²) in [6.07, 6.45) is -0.826. The van der Waals surface area contributed by atoms with E-state index in [2.05, 4.69) is 27.0 Å². The first kappa shape index (κ1) is 28.6. The van der Waals surface area contributed by atoms with Crippen molar-refractivity contribution in [1.82, 2.24) is 20.3 Å². The highest BCUT2D eigenvalue weighted by molar-refractivity contribution is 5.98. The van der Waals surface area contributed by atoms with Crippen molar-refractivity contribution in [1.29, 1.82) is 0 Å². The molecule has 40 heavy (non-hydrogen) atoms. The van der Waals surface area contributed by atoms with Gasteiger partial charge in [0.1, 0.15) is 0 Å². The maximum Gasteiger partial charge on any atom is 0.490 e. The molecule has 2 amide bonds. The second-order valence-electron chi connectivity index (χ2n) is 9.55. The minimum absolute atomic E-state index is 0.206. The lowest BCUT2D eigenvalue weighted by Gasteiger charge is -2.19. The van der Waals surface area contributed by atoms with Gasteiger partial charge < -0.3 is 15.0 Å². The van der Waals surface area contributed by atoms with E-state index in [1.807, 2.05) is 55.6 Å². The first-order valence-corrected chi connectivity index (χ1v) is 12.5. The summed E-state index contributed by atoms with van der Waals surface area (Å²) in [5.74, 6) is -3.80. The molecule has 12 heteroatoms. The second-order valence-corrected chi connectivity index (χ2v) is 9.55. The van der Waals surface area contributed by atoms with E-state index in [4.69, 9.17) is 15.1 Å². The number of carboxylic acids is 1. The summed E-state index contributed by atoms with van der Waals surface area (Å²) in [4.78, 5) is 38.2. The van der Waals surface area contributed by atoms with Gasteiger partial charge in [-0.1, -0.05) is 24.6 Å². The lowest BCUT2D eigenvalue weighted by molar-refractivity contribution is -0.192. The number of hydrogen-bond acceptors (Lipinski definition) is 5. The summed E-state index contributed by atoms with van der Waals surface area (Å²) in [6, 6.07) is 17.7. The summed E-state index contributed by atoms with van der Waals surface area (Å²) in [5.41, 5.74) is 6.49. The maximum absolute atomic E-state index is 12.9. The third kappa shape index (κ3) is 6.40. The topological polar surface area (TPSA) is 134 Å². The number of rotatable bonds is 5. The molecule has 1 fully saturated rings. The highest BCUT2D eigenvalue weighted by Gasteiger charge is 2.38. The monoisotopic (exact) mass is 556 g/mol. The zero-order valence-electron chi connectivity index (χ0n) is 21.4. The SMILES string of the molecule is Cc1cc(Cn2ccc3cc(C(=O)NC4CCCC4C(=O)NO)ccc32)c2ccccc2n1.O=C(O)C(F)(F)F. The Bertz CT molecular complexity index is 1570. The molecule has 2 aromatic carbocycles. The van der Waals surface area contributed by atoms with Crippen molar-refractivity contribution < 1.29 is 37.9 Å². The van der Waals surface area contributed by atoms with Crippen LogP contribution in [0.1, 0.15) is 40.9 Å². The number of aliphatic carboxylic acids is 1. The van der Waals surface area contributed by atoms with Crippen molar-refractivity contribution in [2.75, 3.05) is 0 Å². The molecule has 0 aliphatic heterocycles. The van der Waals surface area contributed by atoms with E-state index in [0.29, 0.717) is 18.5 Å². The number of alkyl halides is 3. The number of carbonyl (C=O) groups excluding carboxylic acids is 2. The Labute approximate surface area is 226 Å². The molecule has 9 nitrogen and oxygen atoms in total. The third-order valence-corrected chi connectivity index (χ3v) is 6.83. The van der Waals surface area contributed by atoms with E-state index in [-0.39, 0.29) is 11.9 Å². The van der Waals surface area contributed by atoms with E-state index in [9.17, 15) is 22.8 Å². The Morgan fingerprint density at radius 3 is 2.50 bits per heavy atom. The maximum atomic E-state index is 12.9. The van der Waals surface area contributed by atoms with Gasteiger partial charge in [0.15, 0.2) is 0 Å². The van der Waals surface area contributed by atoms with Crippen LogP contribution in [0.25, 0.3) is 21.8 Å². The number of aromatic nitrogens is 2. The number of benzene rings is 2. The fourth-order valence-electron chi connectivity index (χ4n) is 4.97. The van der Waals surface area contributed by atoms with Crippen LogP contribution >= 0.6 is 0 Å². The Morgan fingerprint density at radius 1 is 1.07 bits per heavy atom. The van der Waals surface area contributed by atoms with Gasteiger partial charge in [0.25, 0.3) is 5.91 Å². The molecular weight excluding hydrogens is 529 g/mol. The first-order valence-electron chi connectivity index (χ1n) is 12.5. The van der Waals surface area contributed by atoms with Gasteiger partial charge in [0, 0.05) is 46.3 Å². The average molecular weight is 557 g/mol. The number of pyridine rings is 1. The number of hydroxylamine groups is 1. The minimum atomic E-state index is -5.08. The van der Waals surface area contributed by atoms with E-state index in [0.717, 1.165) is 40.3 Å². The quantitative estimate of drug-likeness (QED) is 0.210. The summed E-state index contributed by atoms with van der Waals surface area (Å²) in [7, 11) is 0. The largest absolute Gasteiger partial charge is 0.490 e. The fourth-order valence-corrected chi connectivity index (χ4v) is 4.97. The van der Waals surface area contributed by atoms with Crippen LogP contribution in [-0.4, -0.2) is 49.9 Å². The molecule has 4 aromatic rings. The van der Waals surface area contributed by atoms with Crippen molar-refractivity contribution in [2.45, 2.75) is 44.9 Å². The number of nitrogens with zero attached hydrogens (tertiary/aromatic N) is 2. The summed E-state index contributed by atoms with van der Waals surface area (Å²) in [6.45, 7) is 2.71. The molecule has 5 rings (SSSR count). The molecule has 2 unspecified atom stereocenters. The Kier molecular flexibility index (Phi) is 8.38. The van der Waals surface area contributed by atoms with Crippen LogP contribution in [0.5, 0.6) is 0 Å². The summed E-state index contributed by atoms with van der Waals surface area (Å²) in [5, 5.41) is 21.2. The van der Waals surface area contributed by atoms with Gasteiger partial charge in [0.2, 0.25) is 5.91 Å². The molecule has 2 atom stereocenters. The number of carboxylic acid groups (broad SMARTS) is 1. The van der Waals surface area contributed by atoms with Gasteiger partial charge >= 0.3 is 12.1 Å². The molecule has 2 aromatic heterocycles. The summed E-state index contributed by atoms with van der Waals surface area (Å²) >= 11 is 0. The zero-order chi connectivity index (χ0) is 29.0.